The van der Waals surface area contributed by atoms with E-state index in [-0.39, 0.29) is 17.2 Å². The first kappa shape index (κ1) is 10.8. The molecule has 0 heterocycles. The minimum atomic E-state index is -1.04. The van der Waals surface area contributed by atoms with E-state index in [9.17, 15) is 4.79 Å². The fraction of sp³-hybridized carbons (Fsp3) is 0.500. The van der Waals surface area contributed by atoms with E-state index in [4.69, 9.17) is 10.5 Å². The average molecular weight is 171 g/mol. The molecule has 12 heavy (non-hydrogen) atoms. The third kappa shape index (κ3) is 2.84. The lowest BCUT2D eigenvalue weighted by Gasteiger charge is -2.05. The van der Waals surface area contributed by atoms with Gasteiger partial charge in [0.05, 0.1) is 12.8 Å². The number of aliphatic carboxylic acids is 1. The quantitative estimate of drug-likeness (QED) is 0.405. The van der Waals surface area contributed by atoms with Crippen LogP contribution < -0.4 is 5.32 Å². The van der Waals surface area contributed by atoms with E-state index in [1.54, 1.807) is 26.2 Å². The topological polar surface area (TPSA) is 77.8 Å². The van der Waals surface area contributed by atoms with Crippen molar-refractivity contribution >= 4 is 11.7 Å². The second kappa shape index (κ2) is 4.66. The van der Waals surface area contributed by atoms with Gasteiger partial charge in [0.1, 0.15) is 11.8 Å². The summed E-state index contributed by atoms with van der Waals surface area (Å²) < 4.78 is 0. The molecule has 4 N–H and O–H groups in total. The molecule has 0 fully saturated rings. The van der Waals surface area contributed by atoms with Gasteiger partial charge in [0.2, 0.25) is 0 Å². The van der Waals surface area contributed by atoms with Crippen molar-refractivity contribution in [2.45, 2.75) is 13.8 Å². The van der Waals surface area contributed by atoms with Gasteiger partial charge in [-0.1, -0.05) is 13.8 Å². The van der Waals surface area contributed by atoms with E-state index in [0.717, 1.165) is 0 Å². The van der Waals surface area contributed by atoms with Crippen molar-refractivity contribution in [1.29, 1.82) is 5.41 Å². The molecule has 0 unspecified atom stereocenters. The summed E-state index contributed by atoms with van der Waals surface area (Å²) in [5.74, 6) is -1.08. The fourth-order valence-corrected chi connectivity index (χ4v) is 0.754. The normalized spacial score (nSPS) is 11.8. The number of quaternary nitrogens is 1. The second-order valence-electron chi connectivity index (χ2n) is 2.79. The highest BCUT2D eigenvalue weighted by Crippen LogP contribution is 2.04. The van der Waals surface area contributed by atoms with Crippen LogP contribution in [0.25, 0.3) is 0 Å². The van der Waals surface area contributed by atoms with Gasteiger partial charge in [-0.2, -0.15) is 0 Å². The molecule has 0 radical (unpaired) electrons. The van der Waals surface area contributed by atoms with Gasteiger partial charge in [0.15, 0.2) is 0 Å². The molecule has 0 saturated heterocycles. The first-order valence-corrected chi connectivity index (χ1v) is 3.82. The van der Waals surface area contributed by atoms with E-state index < -0.39 is 5.97 Å². The lowest BCUT2D eigenvalue weighted by molar-refractivity contribution is -0.556. The number of nitrogens with one attached hydrogen (secondary N) is 1. The minimum absolute atomic E-state index is 0.0488. The molecule has 0 atom stereocenters. The highest BCUT2D eigenvalue weighted by molar-refractivity contribution is 6.18. The number of carboxylic acid groups (broad SMARTS) is 1. The highest BCUT2D eigenvalue weighted by Gasteiger charge is 2.17. The van der Waals surface area contributed by atoms with Crippen LogP contribution >= 0.6 is 0 Å². The molecule has 0 bridgehead atoms. The number of rotatable bonds is 4. The van der Waals surface area contributed by atoms with Crippen LogP contribution in [-0.4, -0.2) is 23.8 Å². The summed E-state index contributed by atoms with van der Waals surface area (Å²) in [6.07, 6.45) is 1.45. The summed E-state index contributed by atoms with van der Waals surface area (Å²) in [5.41, 5.74) is 0.244. The molecule has 4 heteroatoms. The maximum Gasteiger partial charge on any atom is 0.342 e. The molecule has 0 aliphatic carbocycles. The minimum Gasteiger partial charge on any atom is -0.477 e. The standard InChI is InChI=1S/C8H14N2O2/c1-5(2)7(9)6(4-10-3)8(11)12/h4-5,9-10H,1-3H3,(H,11,12)/p+1/b6-4+,9-7?. The smallest absolute Gasteiger partial charge is 0.342 e. The van der Waals surface area contributed by atoms with E-state index in [1.165, 1.54) is 6.20 Å². The van der Waals surface area contributed by atoms with Gasteiger partial charge in [0, 0.05) is 0 Å². The molecule has 0 aromatic rings. The van der Waals surface area contributed by atoms with Crippen molar-refractivity contribution in [3.8, 4) is 0 Å². The lowest BCUT2D eigenvalue weighted by Crippen LogP contribution is -2.73. The van der Waals surface area contributed by atoms with Crippen molar-refractivity contribution in [2.75, 3.05) is 7.05 Å². The lowest BCUT2D eigenvalue weighted by atomic mass is 10.0. The average Bonchev–Trinajstić information content (AvgIpc) is 1.98. The van der Waals surface area contributed by atoms with Crippen molar-refractivity contribution in [2.24, 2.45) is 5.92 Å². The van der Waals surface area contributed by atoms with Crippen LogP contribution in [0.15, 0.2) is 11.8 Å². The monoisotopic (exact) mass is 171 g/mol. The molecule has 0 aromatic heterocycles. The van der Waals surface area contributed by atoms with Gasteiger partial charge in [-0.25, -0.2) is 4.79 Å². The van der Waals surface area contributed by atoms with Gasteiger partial charge in [0.25, 0.3) is 0 Å². The Morgan fingerprint density at radius 3 is 2.33 bits per heavy atom. The molecule has 0 amide bonds. The van der Waals surface area contributed by atoms with Crippen LogP contribution in [0.1, 0.15) is 13.8 Å². The fourth-order valence-electron chi connectivity index (χ4n) is 0.754. The first-order valence-electron chi connectivity index (χ1n) is 3.82. The number of carboxylic acids is 1. The van der Waals surface area contributed by atoms with Crippen molar-refractivity contribution in [3.05, 3.63) is 11.8 Å². The molecule has 0 rings (SSSR count). The zero-order chi connectivity index (χ0) is 9.72. The van der Waals surface area contributed by atoms with E-state index in [2.05, 4.69) is 0 Å². The van der Waals surface area contributed by atoms with Crippen molar-refractivity contribution in [1.82, 2.24) is 0 Å². The second-order valence-corrected chi connectivity index (χ2v) is 2.79. The van der Waals surface area contributed by atoms with E-state index >= 15 is 0 Å². The van der Waals surface area contributed by atoms with Gasteiger partial charge in [-0.3, -0.25) is 0 Å². The number of nitrogens with two attached hydrogens (primary N) is 1. The molecule has 0 aromatic carbocycles. The Bertz CT molecular complexity index is 219. The van der Waals surface area contributed by atoms with Crippen molar-refractivity contribution < 1.29 is 15.2 Å². The predicted molar refractivity (Wildman–Crippen MR) is 46.1 cm³/mol. The Kier molecular flexibility index (Phi) is 4.21. The number of hydrogen-bond acceptors (Lipinski definition) is 2. The Hall–Kier alpha value is -1.16. The summed E-state index contributed by atoms with van der Waals surface area (Å²) >= 11 is 0. The van der Waals surface area contributed by atoms with Gasteiger partial charge in [-0.05, 0) is 5.92 Å². The van der Waals surface area contributed by atoms with Crippen molar-refractivity contribution in [3.63, 3.8) is 0 Å². The zero-order valence-electron chi connectivity index (χ0n) is 7.59. The van der Waals surface area contributed by atoms with E-state index in [1.807, 2.05) is 0 Å². The third-order valence-corrected chi connectivity index (χ3v) is 1.43. The molecule has 0 saturated carbocycles. The molecule has 4 nitrogen and oxygen atoms in total. The van der Waals surface area contributed by atoms with E-state index in [0.29, 0.717) is 0 Å². The first-order chi connectivity index (χ1) is 5.50. The molecule has 0 spiro atoms. The summed E-state index contributed by atoms with van der Waals surface area (Å²) in [5, 5.41) is 17.8. The zero-order valence-corrected chi connectivity index (χ0v) is 7.59. The van der Waals surface area contributed by atoms with Crippen LogP contribution in [-0.2, 0) is 4.79 Å². The maximum absolute atomic E-state index is 10.6. The van der Waals surface area contributed by atoms with Crippen LogP contribution in [0.4, 0.5) is 0 Å². The predicted octanol–water partition coefficient (Wildman–Crippen LogP) is -0.176. The SMILES string of the molecule is C[NH2+]/C=C(\C(=N)C(C)C)C(=O)O. The van der Waals surface area contributed by atoms with Gasteiger partial charge >= 0.3 is 5.97 Å². The number of carbonyl (C=O) groups is 1. The Morgan fingerprint density at radius 1 is 1.58 bits per heavy atom. The maximum atomic E-state index is 10.6. The summed E-state index contributed by atoms with van der Waals surface area (Å²) in [7, 11) is 1.73. The van der Waals surface area contributed by atoms with Crippen LogP contribution in [0.3, 0.4) is 0 Å². The number of hydrogen-bond donors (Lipinski definition) is 3. The summed E-state index contributed by atoms with van der Waals surface area (Å²) in [4.78, 5) is 10.6. The van der Waals surface area contributed by atoms with Gasteiger partial charge < -0.3 is 15.8 Å². The van der Waals surface area contributed by atoms with Crippen LogP contribution in [0.2, 0.25) is 0 Å². The summed E-state index contributed by atoms with van der Waals surface area (Å²) in [6, 6.07) is 0. The largest absolute Gasteiger partial charge is 0.477 e. The van der Waals surface area contributed by atoms with Crippen LogP contribution in [0.5, 0.6) is 0 Å². The van der Waals surface area contributed by atoms with Gasteiger partial charge in [-0.15, -0.1) is 0 Å². The Balaban J connectivity index is 4.65. The molecular weight excluding hydrogens is 156 g/mol. The molecular formula is C8H15N2O2+. The summed E-state index contributed by atoms with van der Waals surface area (Å²) in [6.45, 7) is 3.60. The Labute approximate surface area is 71.8 Å². The Morgan fingerprint density at radius 2 is 2.08 bits per heavy atom. The van der Waals surface area contributed by atoms with Crippen LogP contribution in [0, 0.1) is 11.3 Å². The highest BCUT2D eigenvalue weighted by atomic mass is 16.4. The molecule has 0 aliphatic rings. The molecule has 0 aliphatic heterocycles. The third-order valence-electron chi connectivity index (χ3n) is 1.43. The molecule has 68 valence electrons.